The molecule has 0 aromatic heterocycles. The Hall–Kier alpha value is -1.02. The molecule has 0 heterocycles. The molecule has 3 rings (SSSR count). The van der Waals surface area contributed by atoms with Crippen molar-refractivity contribution in [1.82, 2.24) is 5.32 Å². The Morgan fingerprint density at radius 2 is 1.79 bits per heavy atom. The van der Waals surface area contributed by atoms with Crippen LogP contribution in [-0.2, 0) is 0 Å². The van der Waals surface area contributed by atoms with Gasteiger partial charge in [-0.05, 0) is 55.8 Å². The smallest absolute Gasteiger partial charge is 0.119 e. The Bertz CT molecular complexity index is 390. The van der Waals surface area contributed by atoms with E-state index in [4.69, 9.17) is 4.74 Å². The molecule has 2 heteroatoms. The molecule has 0 radical (unpaired) electrons. The van der Waals surface area contributed by atoms with Gasteiger partial charge in [0.05, 0.1) is 6.10 Å². The minimum absolute atomic E-state index is 0.491. The topological polar surface area (TPSA) is 21.3 Å². The van der Waals surface area contributed by atoms with E-state index in [0.717, 1.165) is 18.2 Å². The molecule has 104 valence electrons. The highest BCUT2D eigenvalue weighted by molar-refractivity contribution is 5.30. The van der Waals surface area contributed by atoms with E-state index >= 15 is 0 Å². The maximum Gasteiger partial charge on any atom is 0.119 e. The summed E-state index contributed by atoms with van der Waals surface area (Å²) in [6.07, 6.45) is 8.49. The summed E-state index contributed by atoms with van der Waals surface area (Å²) in [6, 6.07) is 9.33. The highest BCUT2D eigenvalue weighted by Crippen LogP contribution is 2.36. The Labute approximate surface area is 116 Å². The lowest BCUT2D eigenvalue weighted by Crippen LogP contribution is -2.26. The predicted molar refractivity (Wildman–Crippen MR) is 78.5 cm³/mol. The van der Waals surface area contributed by atoms with E-state index in [9.17, 15) is 0 Å². The molecule has 1 atom stereocenters. The van der Waals surface area contributed by atoms with Crippen molar-refractivity contribution in [1.29, 1.82) is 0 Å². The fraction of sp³-hybridized carbons (Fsp3) is 0.647. The second-order valence-electron chi connectivity index (χ2n) is 5.97. The van der Waals surface area contributed by atoms with Crippen LogP contribution in [0, 0.1) is 5.92 Å². The molecular formula is C17H25NO. The first-order valence-corrected chi connectivity index (χ1v) is 7.87. The van der Waals surface area contributed by atoms with Crippen LogP contribution < -0.4 is 10.1 Å². The Kier molecular flexibility index (Phi) is 4.07. The Balaban J connectivity index is 1.69. The summed E-state index contributed by atoms with van der Waals surface area (Å²) in [5.74, 6) is 1.85. The van der Waals surface area contributed by atoms with Gasteiger partial charge in [0.25, 0.3) is 0 Å². The summed E-state index contributed by atoms with van der Waals surface area (Å²) in [5, 5.41) is 3.67. The molecule has 0 saturated heterocycles. The molecule has 0 amide bonds. The molecule has 1 aromatic carbocycles. The zero-order chi connectivity index (χ0) is 13.1. The molecular weight excluding hydrogens is 234 g/mol. The molecule has 19 heavy (non-hydrogen) atoms. The van der Waals surface area contributed by atoms with Crippen LogP contribution in [0.2, 0.25) is 0 Å². The van der Waals surface area contributed by atoms with Crippen molar-refractivity contribution in [2.75, 3.05) is 6.54 Å². The lowest BCUT2D eigenvalue weighted by atomic mass is 9.91. The second-order valence-corrected chi connectivity index (χ2v) is 5.97. The minimum Gasteiger partial charge on any atom is -0.490 e. The fourth-order valence-electron chi connectivity index (χ4n) is 3.20. The molecule has 2 fully saturated rings. The largest absolute Gasteiger partial charge is 0.490 e. The lowest BCUT2D eigenvalue weighted by Gasteiger charge is -2.25. The normalized spacial score (nSPS) is 21.5. The third kappa shape index (κ3) is 3.30. The molecule has 2 aliphatic rings. The number of nitrogens with one attached hydrogen (secondary N) is 1. The van der Waals surface area contributed by atoms with Crippen LogP contribution in [0.5, 0.6) is 5.75 Å². The van der Waals surface area contributed by atoms with E-state index in [1.807, 2.05) is 0 Å². The summed E-state index contributed by atoms with van der Waals surface area (Å²) >= 11 is 0. The molecule has 2 aliphatic carbocycles. The van der Waals surface area contributed by atoms with Crippen LogP contribution in [-0.4, -0.2) is 12.6 Å². The van der Waals surface area contributed by atoms with Crippen molar-refractivity contribution in [2.24, 2.45) is 5.92 Å². The molecule has 0 bridgehead atoms. The number of hydrogen-bond acceptors (Lipinski definition) is 2. The number of ether oxygens (including phenoxy) is 1. The maximum atomic E-state index is 5.83. The van der Waals surface area contributed by atoms with Crippen molar-refractivity contribution in [3.05, 3.63) is 29.8 Å². The van der Waals surface area contributed by atoms with Crippen molar-refractivity contribution < 1.29 is 4.74 Å². The van der Waals surface area contributed by atoms with Crippen LogP contribution in [0.15, 0.2) is 24.3 Å². The summed E-state index contributed by atoms with van der Waals surface area (Å²) in [6.45, 7) is 3.24. The first kappa shape index (κ1) is 13.0. The molecule has 1 N–H and O–H groups in total. The van der Waals surface area contributed by atoms with Crippen LogP contribution in [0.3, 0.4) is 0 Å². The third-order valence-corrected chi connectivity index (χ3v) is 4.36. The summed E-state index contributed by atoms with van der Waals surface area (Å²) in [4.78, 5) is 0. The van der Waals surface area contributed by atoms with E-state index in [0.29, 0.717) is 12.1 Å². The molecule has 0 aliphatic heterocycles. The zero-order valence-corrected chi connectivity index (χ0v) is 11.9. The molecule has 0 spiro atoms. The van der Waals surface area contributed by atoms with Gasteiger partial charge in [-0.2, -0.15) is 0 Å². The fourth-order valence-corrected chi connectivity index (χ4v) is 3.20. The van der Waals surface area contributed by atoms with Crippen LogP contribution in [0.25, 0.3) is 0 Å². The monoisotopic (exact) mass is 259 g/mol. The molecule has 2 saturated carbocycles. The number of rotatable bonds is 6. The third-order valence-electron chi connectivity index (χ3n) is 4.36. The predicted octanol–water partition coefficient (Wildman–Crippen LogP) is 4.07. The summed E-state index contributed by atoms with van der Waals surface area (Å²) in [5.41, 5.74) is 1.43. The zero-order valence-electron chi connectivity index (χ0n) is 11.9. The molecule has 1 aromatic rings. The second kappa shape index (κ2) is 5.96. The average molecular weight is 259 g/mol. The van der Waals surface area contributed by atoms with Crippen molar-refractivity contribution in [3.63, 3.8) is 0 Å². The van der Waals surface area contributed by atoms with Crippen LogP contribution >= 0.6 is 0 Å². The van der Waals surface area contributed by atoms with E-state index in [1.54, 1.807) is 0 Å². The van der Waals surface area contributed by atoms with E-state index in [1.165, 1.54) is 44.1 Å². The Morgan fingerprint density at radius 1 is 1.11 bits per heavy atom. The van der Waals surface area contributed by atoms with Crippen molar-refractivity contribution in [2.45, 2.75) is 57.6 Å². The SMILES string of the molecule is CCNC(c1ccc(OC2CC2)cc1)C1CCCC1. The van der Waals surface area contributed by atoms with Crippen molar-refractivity contribution in [3.8, 4) is 5.75 Å². The van der Waals surface area contributed by atoms with Gasteiger partial charge in [0.1, 0.15) is 5.75 Å². The quantitative estimate of drug-likeness (QED) is 0.831. The highest BCUT2D eigenvalue weighted by Gasteiger charge is 2.26. The van der Waals surface area contributed by atoms with Gasteiger partial charge in [0.2, 0.25) is 0 Å². The van der Waals surface area contributed by atoms with Gasteiger partial charge in [-0.25, -0.2) is 0 Å². The van der Waals surface area contributed by atoms with Gasteiger partial charge in [-0.1, -0.05) is 31.9 Å². The van der Waals surface area contributed by atoms with Gasteiger partial charge in [-0.3, -0.25) is 0 Å². The maximum absolute atomic E-state index is 5.83. The first-order valence-electron chi connectivity index (χ1n) is 7.87. The highest BCUT2D eigenvalue weighted by atomic mass is 16.5. The van der Waals surface area contributed by atoms with Gasteiger partial charge in [0.15, 0.2) is 0 Å². The van der Waals surface area contributed by atoms with Crippen LogP contribution in [0.4, 0.5) is 0 Å². The standard InChI is InChI=1S/C17H25NO/c1-2-18-17(13-5-3-4-6-13)14-7-9-15(10-8-14)19-16-11-12-16/h7-10,13,16-18H,2-6,11-12H2,1H3. The van der Waals surface area contributed by atoms with Gasteiger partial charge in [-0.15, -0.1) is 0 Å². The summed E-state index contributed by atoms with van der Waals surface area (Å²) in [7, 11) is 0. The van der Waals surface area contributed by atoms with E-state index in [2.05, 4.69) is 36.5 Å². The van der Waals surface area contributed by atoms with Crippen LogP contribution in [0.1, 0.15) is 57.1 Å². The van der Waals surface area contributed by atoms with Gasteiger partial charge < -0.3 is 10.1 Å². The van der Waals surface area contributed by atoms with Crippen molar-refractivity contribution >= 4 is 0 Å². The number of benzene rings is 1. The molecule has 2 nitrogen and oxygen atoms in total. The summed E-state index contributed by atoms with van der Waals surface area (Å²) < 4.78 is 5.83. The first-order chi connectivity index (χ1) is 9.36. The minimum atomic E-state index is 0.491. The average Bonchev–Trinajstić information content (AvgIpc) is 3.08. The van der Waals surface area contributed by atoms with Gasteiger partial charge >= 0.3 is 0 Å². The van der Waals surface area contributed by atoms with E-state index < -0.39 is 0 Å². The number of hydrogen-bond donors (Lipinski definition) is 1. The van der Waals surface area contributed by atoms with Gasteiger partial charge in [0, 0.05) is 6.04 Å². The Morgan fingerprint density at radius 3 is 2.37 bits per heavy atom. The molecule has 1 unspecified atom stereocenters. The van der Waals surface area contributed by atoms with E-state index in [-0.39, 0.29) is 0 Å². The lowest BCUT2D eigenvalue weighted by molar-refractivity contribution is 0.302.